The molecule has 1 aliphatic rings. The van der Waals surface area contributed by atoms with Crippen LogP contribution in [0, 0.1) is 15.9 Å². The van der Waals surface area contributed by atoms with Gasteiger partial charge in [-0.2, -0.15) is 0 Å². The zero-order valence-electron chi connectivity index (χ0n) is 17.3. The topological polar surface area (TPSA) is 103 Å². The second kappa shape index (κ2) is 10.2. The van der Waals surface area contributed by atoms with E-state index in [1.807, 2.05) is 0 Å². The summed E-state index contributed by atoms with van der Waals surface area (Å²) >= 11 is 0. The number of benzene rings is 2. The summed E-state index contributed by atoms with van der Waals surface area (Å²) in [5.41, 5.74) is 0.299. The Kier molecular flexibility index (Phi) is 7.37. The van der Waals surface area contributed by atoms with Gasteiger partial charge in [0.25, 0.3) is 11.6 Å². The van der Waals surface area contributed by atoms with Crippen LogP contribution in [0.1, 0.15) is 22.0 Å². The number of rotatable bonds is 8. The maximum absolute atomic E-state index is 13.4. The summed E-state index contributed by atoms with van der Waals surface area (Å²) in [4.78, 5) is 25.9. The Labute approximate surface area is 178 Å². The van der Waals surface area contributed by atoms with Gasteiger partial charge in [0.1, 0.15) is 11.4 Å². The molecule has 1 amide bonds. The lowest BCUT2D eigenvalue weighted by molar-refractivity contribution is -0.385. The molecular formula is C21H24FN3O6. The van der Waals surface area contributed by atoms with E-state index in [9.17, 15) is 19.3 Å². The van der Waals surface area contributed by atoms with Crippen LogP contribution in [-0.4, -0.2) is 62.8 Å². The minimum Gasteiger partial charge on any atom is -0.493 e. The van der Waals surface area contributed by atoms with E-state index in [-0.39, 0.29) is 41.2 Å². The van der Waals surface area contributed by atoms with Gasteiger partial charge in [0.05, 0.1) is 44.5 Å². The van der Waals surface area contributed by atoms with E-state index in [0.29, 0.717) is 26.3 Å². The third kappa shape index (κ3) is 5.28. The summed E-state index contributed by atoms with van der Waals surface area (Å²) in [5.74, 6) is -0.604. The number of nitrogens with zero attached hydrogens (tertiary/aromatic N) is 2. The number of carbonyl (C=O) groups is 1. The molecule has 0 radical (unpaired) electrons. The van der Waals surface area contributed by atoms with E-state index in [1.165, 1.54) is 32.4 Å². The zero-order valence-corrected chi connectivity index (χ0v) is 17.3. The molecule has 0 aromatic heterocycles. The lowest BCUT2D eigenvalue weighted by atomic mass is 10.0. The standard InChI is InChI=1S/C21H24FN3O6/c1-29-19-11-16(17(25(27)28)12-20(19)30-2)21(26)23-13-18(24-7-9-31-10-8-24)14-3-5-15(22)6-4-14/h3-6,11-12,18H,7-10,13H2,1-2H3,(H,23,26). The highest BCUT2D eigenvalue weighted by Gasteiger charge is 2.27. The van der Waals surface area contributed by atoms with E-state index >= 15 is 0 Å². The molecule has 1 aliphatic heterocycles. The average molecular weight is 433 g/mol. The van der Waals surface area contributed by atoms with Crippen LogP contribution in [-0.2, 0) is 4.74 Å². The van der Waals surface area contributed by atoms with Gasteiger partial charge in [-0.25, -0.2) is 4.39 Å². The van der Waals surface area contributed by atoms with Crippen molar-refractivity contribution in [1.29, 1.82) is 0 Å². The largest absolute Gasteiger partial charge is 0.493 e. The SMILES string of the molecule is COc1cc(C(=O)NCC(c2ccc(F)cc2)N2CCOCC2)c([N+](=O)[O-])cc1OC. The van der Waals surface area contributed by atoms with Gasteiger partial charge in [0, 0.05) is 25.7 Å². The van der Waals surface area contributed by atoms with Crippen molar-refractivity contribution in [2.75, 3.05) is 47.1 Å². The van der Waals surface area contributed by atoms with E-state index < -0.39 is 10.8 Å². The van der Waals surface area contributed by atoms with Crippen LogP contribution in [0.5, 0.6) is 11.5 Å². The Morgan fingerprint density at radius 2 is 1.81 bits per heavy atom. The summed E-state index contributed by atoms with van der Waals surface area (Å²) in [6, 6.07) is 8.27. The molecule has 166 valence electrons. The smallest absolute Gasteiger partial charge is 0.286 e. The van der Waals surface area contributed by atoms with Crippen LogP contribution in [0.2, 0.25) is 0 Å². The Morgan fingerprint density at radius 3 is 2.39 bits per heavy atom. The molecule has 1 unspecified atom stereocenters. The molecule has 3 rings (SSSR count). The molecule has 31 heavy (non-hydrogen) atoms. The van der Waals surface area contributed by atoms with E-state index in [0.717, 1.165) is 11.6 Å². The zero-order chi connectivity index (χ0) is 22.4. The van der Waals surface area contributed by atoms with Gasteiger partial charge < -0.3 is 19.5 Å². The Balaban J connectivity index is 1.85. The number of halogens is 1. The van der Waals surface area contributed by atoms with Crippen LogP contribution in [0.15, 0.2) is 36.4 Å². The maximum Gasteiger partial charge on any atom is 0.286 e. The summed E-state index contributed by atoms with van der Waals surface area (Å²) in [7, 11) is 2.74. The van der Waals surface area contributed by atoms with Crippen molar-refractivity contribution >= 4 is 11.6 Å². The normalized spacial score (nSPS) is 15.2. The van der Waals surface area contributed by atoms with Crippen LogP contribution >= 0.6 is 0 Å². The molecule has 1 heterocycles. The highest BCUT2D eigenvalue weighted by Crippen LogP contribution is 2.34. The second-order valence-electron chi connectivity index (χ2n) is 6.91. The molecule has 1 fully saturated rings. The van der Waals surface area contributed by atoms with E-state index in [1.54, 1.807) is 12.1 Å². The number of morpholine rings is 1. The predicted molar refractivity (Wildman–Crippen MR) is 110 cm³/mol. The van der Waals surface area contributed by atoms with Crippen molar-refractivity contribution in [3.8, 4) is 11.5 Å². The monoisotopic (exact) mass is 433 g/mol. The first kappa shape index (κ1) is 22.4. The summed E-state index contributed by atoms with van der Waals surface area (Å²) in [6.45, 7) is 2.57. The first-order chi connectivity index (χ1) is 14.9. The van der Waals surface area contributed by atoms with E-state index in [2.05, 4.69) is 10.2 Å². The first-order valence-electron chi connectivity index (χ1n) is 9.70. The molecule has 0 aliphatic carbocycles. The van der Waals surface area contributed by atoms with Crippen LogP contribution in [0.25, 0.3) is 0 Å². The number of nitro benzene ring substituents is 1. The Hall–Kier alpha value is -3.24. The molecule has 2 aromatic rings. The fourth-order valence-electron chi connectivity index (χ4n) is 3.52. The molecule has 2 aromatic carbocycles. The molecular weight excluding hydrogens is 409 g/mol. The second-order valence-corrected chi connectivity index (χ2v) is 6.91. The fraction of sp³-hybridized carbons (Fsp3) is 0.381. The number of hydrogen-bond donors (Lipinski definition) is 1. The molecule has 0 saturated carbocycles. The van der Waals surface area contributed by atoms with Gasteiger partial charge in [-0.1, -0.05) is 12.1 Å². The average Bonchev–Trinajstić information content (AvgIpc) is 2.79. The third-order valence-corrected chi connectivity index (χ3v) is 5.14. The van der Waals surface area contributed by atoms with Gasteiger partial charge in [0.15, 0.2) is 11.5 Å². The minimum absolute atomic E-state index is 0.137. The molecule has 1 N–H and O–H groups in total. The number of amides is 1. The van der Waals surface area contributed by atoms with Gasteiger partial charge in [-0.3, -0.25) is 19.8 Å². The summed E-state index contributed by atoms with van der Waals surface area (Å²) < 4.78 is 29.1. The lowest BCUT2D eigenvalue weighted by Gasteiger charge is -2.35. The van der Waals surface area contributed by atoms with Crippen molar-refractivity contribution in [3.63, 3.8) is 0 Å². The molecule has 9 nitrogen and oxygen atoms in total. The van der Waals surface area contributed by atoms with Gasteiger partial charge >= 0.3 is 0 Å². The van der Waals surface area contributed by atoms with Gasteiger partial charge in [0.2, 0.25) is 0 Å². The van der Waals surface area contributed by atoms with Crippen LogP contribution < -0.4 is 14.8 Å². The quantitative estimate of drug-likeness (QED) is 0.504. The first-order valence-corrected chi connectivity index (χ1v) is 9.70. The van der Waals surface area contributed by atoms with Gasteiger partial charge in [-0.05, 0) is 17.7 Å². The predicted octanol–water partition coefficient (Wildman–Crippen LogP) is 2.55. The van der Waals surface area contributed by atoms with Crippen molar-refractivity contribution < 1.29 is 28.3 Å². The van der Waals surface area contributed by atoms with E-state index in [4.69, 9.17) is 14.2 Å². The van der Waals surface area contributed by atoms with Crippen molar-refractivity contribution in [2.24, 2.45) is 0 Å². The molecule has 1 saturated heterocycles. The van der Waals surface area contributed by atoms with Crippen molar-refractivity contribution in [3.05, 3.63) is 63.5 Å². The molecule has 0 bridgehead atoms. The Morgan fingerprint density at radius 1 is 1.19 bits per heavy atom. The summed E-state index contributed by atoms with van der Waals surface area (Å²) in [5, 5.41) is 14.3. The fourth-order valence-corrected chi connectivity index (χ4v) is 3.52. The molecule has 1 atom stereocenters. The minimum atomic E-state index is -0.643. The lowest BCUT2D eigenvalue weighted by Crippen LogP contribution is -2.43. The summed E-state index contributed by atoms with van der Waals surface area (Å²) in [6.07, 6.45) is 0. The van der Waals surface area contributed by atoms with Crippen LogP contribution in [0.4, 0.5) is 10.1 Å². The third-order valence-electron chi connectivity index (χ3n) is 5.14. The number of nitrogens with one attached hydrogen (secondary N) is 1. The highest BCUT2D eigenvalue weighted by molar-refractivity contribution is 5.99. The highest BCUT2D eigenvalue weighted by atomic mass is 19.1. The van der Waals surface area contributed by atoms with Crippen molar-refractivity contribution in [1.82, 2.24) is 10.2 Å². The van der Waals surface area contributed by atoms with Gasteiger partial charge in [-0.15, -0.1) is 0 Å². The number of methoxy groups -OCH3 is 2. The number of carbonyl (C=O) groups excluding carboxylic acids is 1. The number of nitro groups is 1. The Bertz CT molecular complexity index is 931. The molecule has 0 spiro atoms. The molecule has 10 heteroatoms. The maximum atomic E-state index is 13.4. The number of ether oxygens (including phenoxy) is 3. The van der Waals surface area contributed by atoms with Crippen LogP contribution in [0.3, 0.4) is 0 Å². The number of hydrogen-bond acceptors (Lipinski definition) is 7. The van der Waals surface area contributed by atoms with Crippen molar-refractivity contribution in [2.45, 2.75) is 6.04 Å².